The van der Waals surface area contributed by atoms with Gasteiger partial charge in [0.2, 0.25) is 5.91 Å². The van der Waals surface area contributed by atoms with Crippen LogP contribution < -0.4 is 14.5 Å². The van der Waals surface area contributed by atoms with Crippen LogP contribution in [0.3, 0.4) is 0 Å². The molecule has 6 nitrogen and oxygen atoms in total. The number of hydrogen-bond acceptors (Lipinski definition) is 5. The third kappa shape index (κ3) is 3.45. The van der Waals surface area contributed by atoms with Crippen molar-refractivity contribution in [2.24, 2.45) is 0 Å². The molecule has 0 bridgehead atoms. The highest BCUT2D eigenvalue weighted by Crippen LogP contribution is 2.29. The number of carbonyl (C=O) groups excluding carboxylic acids is 2. The van der Waals surface area contributed by atoms with Crippen molar-refractivity contribution >= 4 is 23.2 Å². The molecule has 2 heterocycles. The molecule has 0 unspecified atom stereocenters. The highest BCUT2D eigenvalue weighted by atomic mass is 19.1. The van der Waals surface area contributed by atoms with Crippen LogP contribution in [0, 0.1) is 5.82 Å². The average molecular weight is 383 g/mol. The molecule has 28 heavy (non-hydrogen) atoms. The molecular formula is C21H22FN3O3. The molecule has 0 radical (unpaired) electrons. The standard InChI is InChI=1S/C21H22FN3O3/c1-28-18-4-2-3-17(13-18)25-20(26)14-19(21(25)27)24-11-9-23(10-12-24)16-7-5-15(22)6-8-16/h2-8,13,19H,9-12,14H2,1H3/t19-/m0/s1. The Labute approximate surface area is 163 Å². The first kappa shape index (κ1) is 18.4. The van der Waals surface area contributed by atoms with Crippen LogP contribution in [0.1, 0.15) is 6.42 Å². The molecule has 0 saturated carbocycles. The Bertz CT molecular complexity index is 879. The van der Waals surface area contributed by atoms with Gasteiger partial charge >= 0.3 is 0 Å². The minimum Gasteiger partial charge on any atom is -0.497 e. The summed E-state index contributed by atoms with van der Waals surface area (Å²) in [5, 5.41) is 0. The molecule has 1 atom stereocenters. The second-order valence-corrected chi connectivity index (χ2v) is 6.99. The van der Waals surface area contributed by atoms with Crippen LogP contribution >= 0.6 is 0 Å². The number of benzene rings is 2. The van der Waals surface area contributed by atoms with Crippen molar-refractivity contribution in [1.82, 2.24) is 4.90 Å². The summed E-state index contributed by atoms with van der Waals surface area (Å²) >= 11 is 0. The highest BCUT2D eigenvalue weighted by molar-refractivity contribution is 6.22. The van der Waals surface area contributed by atoms with Crippen molar-refractivity contribution in [3.05, 3.63) is 54.3 Å². The van der Waals surface area contributed by atoms with Crippen molar-refractivity contribution in [2.75, 3.05) is 43.1 Å². The summed E-state index contributed by atoms with van der Waals surface area (Å²) in [7, 11) is 1.55. The first-order chi connectivity index (χ1) is 13.6. The molecule has 0 aliphatic carbocycles. The first-order valence-electron chi connectivity index (χ1n) is 9.32. The topological polar surface area (TPSA) is 53.1 Å². The fraction of sp³-hybridized carbons (Fsp3) is 0.333. The predicted octanol–water partition coefficient (Wildman–Crippen LogP) is 2.29. The van der Waals surface area contributed by atoms with Gasteiger partial charge in [-0.15, -0.1) is 0 Å². The summed E-state index contributed by atoms with van der Waals surface area (Å²) in [5.74, 6) is -0.0257. The number of carbonyl (C=O) groups is 2. The van der Waals surface area contributed by atoms with Gasteiger partial charge in [-0.25, -0.2) is 9.29 Å². The predicted molar refractivity (Wildman–Crippen MR) is 104 cm³/mol. The van der Waals surface area contributed by atoms with Gasteiger partial charge in [0.25, 0.3) is 5.91 Å². The molecule has 2 aliphatic rings. The number of halogens is 1. The number of piperazine rings is 1. The van der Waals surface area contributed by atoms with E-state index >= 15 is 0 Å². The lowest BCUT2D eigenvalue weighted by atomic mass is 10.1. The molecule has 2 aromatic rings. The summed E-state index contributed by atoms with van der Waals surface area (Å²) < 4.78 is 18.3. The maximum absolute atomic E-state index is 13.1. The van der Waals surface area contributed by atoms with Gasteiger partial charge in [-0.1, -0.05) is 6.07 Å². The van der Waals surface area contributed by atoms with Gasteiger partial charge in [0, 0.05) is 37.9 Å². The highest BCUT2D eigenvalue weighted by Gasteiger charge is 2.43. The molecule has 146 valence electrons. The Morgan fingerprint density at radius 1 is 0.964 bits per heavy atom. The van der Waals surface area contributed by atoms with Crippen LogP contribution in [0.25, 0.3) is 0 Å². The fourth-order valence-corrected chi connectivity index (χ4v) is 3.87. The van der Waals surface area contributed by atoms with Gasteiger partial charge in [-0.2, -0.15) is 0 Å². The van der Waals surface area contributed by atoms with Crippen molar-refractivity contribution < 1.29 is 18.7 Å². The van der Waals surface area contributed by atoms with Crippen molar-refractivity contribution in [3.8, 4) is 5.75 Å². The van der Waals surface area contributed by atoms with E-state index in [1.165, 1.54) is 17.0 Å². The number of imide groups is 1. The van der Waals surface area contributed by atoms with Gasteiger partial charge < -0.3 is 9.64 Å². The van der Waals surface area contributed by atoms with E-state index in [0.29, 0.717) is 24.5 Å². The Morgan fingerprint density at radius 2 is 1.68 bits per heavy atom. The Balaban J connectivity index is 1.44. The number of anilines is 2. The lowest BCUT2D eigenvalue weighted by Gasteiger charge is -2.38. The number of amides is 2. The van der Waals surface area contributed by atoms with Crippen molar-refractivity contribution in [1.29, 1.82) is 0 Å². The van der Waals surface area contributed by atoms with E-state index in [9.17, 15) is 14.0 Å². The van der Waals surface area contributed by atoms with Crippen LogP contribution in [0.4, 0.5) is 15.8 Å². The van der Waals surface area contributed by atoms with Gasteiger partial charge in [-0.05, 0) is 36.4 Å². The summed E-state index contributed by atoms with van der Waals surface area (Å²) in [6, 6.07) is 13.0. The van der Waals surface area contributed by atoms with Crippen LogP contribution in [-0.2, 0) is 9.59 Å². The minimum atomic E-state index is -0.436. The third-order valence-corrected chi connectivity index (χ3v) is 5.38. The second-order valence-electron chi connectivity index (χ2n) is 6.99. The SMILES string of the molecule is COc1cccc(N2C(=O)C[C@H](N3CCN(c4ccc(F)cc4)CC3)C2=O)c1. The zero-order valence-electron chi connectivity index (χ0n) is 15.7. The zero-order chi connectivity index (χ0) is 19.7. The monoisotopic (exact) mass is 383 g/mol. The Kier molecular flexibility index (Phi) is 5.00. The molecule has 2 amide bonds. The van der Waals surface area contributed by atoms with Gasteiger partial charge in [0.1, 0.15) is 11.6 Å². The summed E-state index contributed by atoms with van der Waals surface area (Å²) in [5.41, 5.74) is 1.51. The van der Waals surface area contributed by atoms with E-state index in [0.717, 1.165) is 18.8 Å². The first-order valence-corrected chi connectivity index (χ1v) is 9.32. The largest absolute Gasteiger partial charge is 0.497 e. The molecule has 7 heteroatoms. The molecular weight excluding hydrogens is 361 g/mol. The molecule has 2 fully saturated rings. The van der Waals surface area contributed by atoms with E-state index in [1.54, 1.807) is 43.5 Å². The minimum absolute atomic E-state index is 0.187. The molecule has 2 saturated heterocycles. The number of ether oxygens (including phenoxy) is 1. The summed E-state index contributed by atoms with van der Waals surface area (Å²) in [6.45, 7) is 2.80. The van der Waals surface area contributed by atoms with E-state index in [4.69, 9.17) is 4.74 Å². The molecule has 0 spiro atoms. The normalized spacial score (nSPS) is 20.7. The number of nitrogens with zero attached hydrogens (tertiary/aromatic N) is 3. The van der Waals surface area contributed by atoms with Crippen molar-refractivity contribution in [2.45, 2.75) is 12.5 Å². The van der Waals surface area contributed by atoms with Gasteiger partial charge in [-0.3, -0.25) is 14.5 Å². The Hall–Kier alpha value is -2.93. The molecule has 0 aromatic heterocycles. The average Bonchev–Trinajstić information content (AvgIpc) is 3.03. The van der Waals surface area contributed by atoms with Crippen LogP contribution in [0.5, 0.6) is 5.75 Å². The fourth-order valence-electron chi connectivity index (χ4n) is 3.87. The van der Waals surface area contributed by atoms with E-state index in [1.807, 2.05) is 0 Å². The molecule has 4 rings (SSSR count). The van der Waals surface area contributed by atoms with Crippen LogP contribution in [-0.4, -0.2) is 56.0 Å². The van der Waals surface area contributed by atoms with E-state index < -0.39 is 6.04 Å². The third-order valence-electron chi connectivity index (χ3n) is 5.38. The number of rotatable bonds is 4. The summed E-state index contributed by atoms with van der Waals surface area (Å²) in [4.78, 5) is 31.0. The summed E-state index contributed by atoms with van der Waals surface area (Å²) in [6.07, 6.45) is 0.187. The van der Waals surface area contributed by atoms with Crippen molar-refractivity contribution in [3.63, 3.8) is 0 Å². The number of hydrogen-bond donors (Lipinski definition) is 0. The zero-order valence-corrected chi connectivity index (χ0v) is 15.7. The second kappa shape index (κ2) is 7.59. The van der Waals surface area contributed by atoms with Gasteiger partial charge in [0.05, 0.1) is 25.3 Å². The van der Waals surface area contributed by atoms with Crippen LogP contribution in [0.2, 0.25) is 0 Å². The smallest absolute Gasteiger partial charge is 0.251 e. The van der Waals surface area contributed by atoms with Gasteiger partial charge in [0.15, 0.2) is 0 Å². The van der Waals surface area contributed by atoms with E-state index in [2.05, 4.69) is 9.80 Å². The maximum Gasteiger partial charge on any atom is 0.251 e. The lowest BCUT2D eigenvalue weighted by molar-refractivity contribution is -0.123. The Morgan fingerprint density at radius 3 is 2.36 bits per heavy atom. The maximum atomic E-state index is 13.1. The number of methoxy groups -OCH3 is 1. The lowest BCUT2D eigenvalue weighted by Crippen LogP contribution is -2.52. The van der Waals surface area contributed by atoms with E-state index in [-0.39, 0.29) is 24.1 Å². The quantitative estimate of drug-likeness (QED) is 0.759. The molecule has 2 aromatic carbocycles. The molecule has 2 aliphatic heterocycles. The molecule has 0 N–H and O–H groups in total. The van der Waals surface area contributed by atoms with Crippen LogP contribution in [0.15, 0.2) is 48.5 Å².